The van der Waals surface area contributed by atoms with Crippen LogP contribution in [0.2, 0.25) is 0 Å². The Morgan fingerprint density at radius 3 is 2.67 bits per heavy atom. The molecule has 0 radical (unpaired) electrons. The summed E-state index contributed by atoms with van der Waals surface area (Å²) in [5, 5.41) is 16.9. The maximum absolute atomic E-state index is 11.8. The summed E-state index contributed by atoms with van der Waals surface area (Å²) in [6.45, 7) is 7.94. The average Bonchev–Trinajstić information content (AvgIpc) is 2.54. The zero-order valence-corrected chi connectivity index (χ0v) is 11.8. The van der Waals surface area contributed by atoms with E-state index < -0.39 is 5.60 Å². The van der Waals surface area contributed by atoms with Gasteiger partial charge in [0.15, 0.2) is 0 Å². The summed E-state index contributed by atoms with van der Waals surface area (Å²) < 4.78 is 1.65. The number of nitrogens with zero attached hydrogens (tertiary/aromatic N) is 2. The van der Waals surface area contributed by atoms with Gasteiger partial charge in [0, 0.05) is 19.3 Å². The minimum atomic E-state index is -0.881. The van der Waals surface area contributed by atoms with Gasteiger partial charge in [0.05, 0.1) is 5.60 Å². The fraction of sp³-hybridized carbons (Fsp3) is 0.692. The lowest BCUT2D eigenvalue weighted by Gasteiger charge is -2.25. The summed E-state index contributed by atoms with van der Waals surface area (Å²) in [7, 11) is 1.79. The number of nitrogens with one attached hydrogen (secondary N) is 1. The number of carbonyl (C=O) groups is 1. The summed E-state index contributed by atoms with van der Waals surface area (Å²) in [6, 6.07) is 1.73. The normalized spacial score (nSPS) is 14.6. The molecule has 18 heavy (non-hydrogen) atoms. The van der Waals surface area contributed by atoms with Crippen LogP contribution in [0.25, 0.3) is 0 Å². The van der Waals surface area contributed by atoms with Crippen LogP contribution in [0.5, 0.6) is 0 Å². The molecule has 2 N–H and O–H groups in total. The molecular weight excluding hydrogens is 230 g/mol. The quantitative estimate of drug-likeness (QED) is 0.830. The van der Waals surface area contributed by atoms with Crippen LogP contribution in [0.3, 0.4) is 0 Å². The van der Waals surface area contributed by atoms with E-state index in [4.69, 9.17) is 0 Å². The summed E-state index contributed by atoms with van der Waals surface area (Å²) in [5.74, 6) is 0.136. The molecule has 0 saturated carbocycles. The summed E-state index contributed by atoms with van der Waals surface area (Å²) in [5.41, 5.74) is 0.428. The van der Waals surface area contributed by atoms with Crippen molar-refractivity contribution in [3.05, 3.63) is 17.5 Å². The van der Waals surface area contributed by atoms with Crippen molar-refractivity contribution in [3.63, 3.8) is 0 Å². The average molecular weight is 253 g/mol. The first-order valence-electron chi connectivity index (χ1n) is 6.22. The summed E-state index contributed by atoms with van der Waals surface area (Å²) >= 11 is 0. The fourth-order valence-electron chi connectivity index (χ4n) is 1.98. The van der Waals surface area contributed by atoms with Crippen molar-refractivity contribution >= 4 is 5.91 Å². The molecule has 0 aromatic carbocycles. The predicted molar refractivity (Wildman–Crippen MR) is 70.4 cm³/mol. The second-order valence-corrected chi connectivity index (χ2v) is 5.57. The third-order valence-electron chi connectivity index (χ3n) is 2.82. The number of carbonyl (C=O) groups excluding carboxylic acids is 1. The molecule has 0 spiro atoms. The molecule has 1 amide bonds. The molecule has 0 aliphatic rings. The van der Waals surface area contributed by atoms with Crippen LogP contribution < -0.4 is 5.32 Å². The van der Waals surface area contributed by atoms with E-state index in [2.05, 4.69) is 10.4 Å². The Balaban J connectivity index is 2.56. The fourth-order valence-corrected chi connectivity index (χ4v) is 1.98. The predicted octanol–water partition coefficient (Wildman–Crippen LogP) is 1.26. The lowest BCUT2D eigenvalue weighted by atomic mass is 9.94. The number of hydrogen-bond donors (Lipinski definition) is 2. The van der Waals surface area contributed by atoms with Gasteiger partial charge in [-0.15, -0.1) is 0 Å². The number of aryl methyl sites for hydroxylation is 2. The van der Waals surface area contributed by atoms with E-state index in [0.29, 0.717) is 18.0 Å². The highest BCUT2D eigenvalue weighted by molar-refractivity contribution is 5.92. The monoisotopic (exact) mass is 253 g/mol. The van der Waals surface area contributed by atoms with Crippen molar-refractivity contribution in [2.75, 3.05) is 6.54 Å². The van der Waals surface area contributed by atoms with E-state index in [9.17, 15) is 9.90 Å². The van der Waals surface area contributed by atoms with Crippen molar-refractivity contribution in [1.29, 1.82) is 0 Å². The number of aliphatic hydroxyl groups is 1. The van der Waals surface area contributed by atoms with Gasteiger partial charge in [-0.1, -0.05) is 13.8 Å². The summed E-state index contributed by atoms with van der Waals surface area (Å²) in [6.07, 6.45) is 0.647. The highest BCUT2D eigenvalue weighted by Crippen LogP contribution is 2.15. The van der Waals surface area contributed by atoms with Gasteiger partial charge in [-0.3, -0.25) is 9.48 Å². The molecule has 1 aromatic rings. The third kappa shape index (κ3) is 4.14. The van der Waals surface area contributed by atoms with Crippen molar-refractivity contribution in [3.8, 4) is 0 Å². The molecule has 0 aliphatic heterocycles. The Bertz CT molecular complexity index is 402. The lowest BCUT2D eigenvalue weighted by molar-refractivity contribution is 0.0367. The van der Waals surface area contributed by atoms with Crippen LogP contribution >= 0.6 is 0 Å². The Labute approximate surface area is 108 Å². The molecule has 102 valence electrons. The van der Waals surface area contributed by atoms with E-state index in [1.807, 2.05) is 20.8 Å². The number of hydrogen-bond acceptors (Lipinski definition) is 3. The van der Waals surface area contributed by atoms with E-state index >= 15 is 0 Å². The van der Waals surface area contributed by atoms with Gasteiger partial charge < -0.3 is 10.4 Å². The van der Waals surface area contributed by atoms with Gasteiger partial charge in [0.2, 0.25) is 0 Å². The van der Waals surface area contributed by atoms with Gasteiger partial charge in [-0.2, -0.15) is 5.10 Å². The molecule has 1 heterocycles. The van der Waals surface area contributed by atoms with Gasteiger partial charge >= 0.3 is 0 Å². The maximum Gasteiger partial charge on any atom is 0.271 e. The molecule has 1 rings (SSSR count). The number of rotatable bonds is 5. The topological polar surface area (TPSA) is 67.2 Å². The van der Waals surface area contributed by atoms with Gasteiger partial charge in [-0.05, 0) is 32.3 Å². The molecule has 1 unspecified atom stereocenters. The van der Waals surface area contributed by atoms with E-state index in [-0.39, 0.29) is 12.5 Å². The second-order valence-electron chi connectivity index (χ2n) is 5.57. The number of amides is 1. The Morgan fingerprint density at radius 1 is 1.61 bits per heavy atom. The Hall–Kier alpha value is -1.36. The maximum atomic E-state index is 11.8. The molecule has 0 aliphatic carbocycles. The first-order valence-corrected chi connectivity index (χ1v) is 6.22. The second kappa shape index (κ2) is 5.52. The smallest absolute Gasteiger partial charge is 0.271 e. The van der Waals surface area contributed by atoms with Crippen molar-refractivity contribution < 1.29 is 9.90 Å². The van der Waals surface area contributed by atoms with E-state index in [1.54, 1.807) is 24.7 Å². The molecule has 5 heteroatoms. The van der Waals surface area contributed by atoms with Crippen LogP contribution in [0.15, 0.2) is 6.07 Å². The zero-order valence-electron chi connectivity index (χ0n) is 11.8. The largest absolute Gasteiger partial charge is 0.388 e. The van der Waals surface area contributed by atoms with Crippen molar-refractivity contribution in [2.24, 2.45) is 13.0 Å². The minimum absolute atomic E-state index is 0.236. The number of aromatic nitrogens is 2. The molecule has 0 fully saturated rings. The van der Waals surface area contributed by atoms with E-state index in [0.717, 1.165) is 5.69 Å². The summed E-state index contributed by atoms with van der Waals surface area (Å²) in [4.78, 5) is 11.8. The molecule has 0 bridgehead atoms. The molecule has 1 aromatic heterocycles. The van der Waals surface area contributed by atoms with Gasteiger partial charge in [0.1, 0.15) is 5.69 Å². The van der Waals surface area contributed by atoms with Gasteiger partial charge in [-0.25, -0.2) is 0 Å². The zero-order chi connectivity index (χ0) is 13.9. The Morgan fingerprint density at radius 2 is 2.22 bits per heavy atom. The van der Waals surface area contributed by atoms with E-state index in [1.165, 1.54) is 0 Å². The highest BCUT2D eigenvalue weighted by Gasteiger charge is 2.23. The Kier molecular flexibility index (Phi) is 4.51. The third-order valence-corrected chi connectivity index (χ3v) is 2.82. The van der Waals surface area contributed by atoms with Crippen LogP contribution in [0.1, 0.15) is 43.4 Å². The van der Waals surface area contributed by atoms with Gasteiger partial charge in [0.25, 0.3) is 5.91 Å². The SMILES string of the molecule is Cc1cc(C(=O)NCC(C)(O)CC(C)C)nn1C. The lowest BCUT2D eigenvalue weighted by Crippen LogP contribution is -2.41. The van der Waals surface area contributed by atoms with Crippen molar-refractivity contribution in [1.82, 2.24) is 15.1 Å². The molecule has 5 nitrogen and oxygen atoms in total. The van der Waals surface area contributed by atoms with Crippen LogP contribution in [-0.2, 0) is 7.05 Å². The molecule has 0 saturated heterocycles. The van der Waals surface area contributed by atoms with Crippen LogP contribution in [0, 0.1) is 12.8 Å². The highest BCUT2D eigenvalue weighted by atomic mass is 16.3. The molecule has 1 atom stereocenters. The molecular formula is C13H23N3O2. The van der Waals surface area contributed by atoms with Crippen molar-refractivity contribution in [2.45, 2.75) is 39.7 Å². The minimum Gasteiger partial charge on any atom is -0.388 e. The van der Waals surface area contributed by atoms with Crippen LogP contribution in [-0.4, -0.2) is 32.9 Å². The standard InChI is InChI=1S/C13H23N3O2/c1-9(2)7-13(4,18)8-14-12(17)11-6-10(3)16(5)15-11/h6,9,18H,7-8H2,1-5H3,(H,14,17). The first-order chi connectivity index (χ1) is 8.21. The first kappa shape index (κ1) is 14.7. The van der Waals surface area contributed by atoms with Crippen LogP contribution in [0.4, 0.5) is 0 Å².